The van der Waals surface area contributed by atoms with Crippen molar-refractivity contribution in [3.8, 4) is 6.07 Å². The zero-order chi connectivity index (χ0) is 16.2. The maximum Gasteiger partial charge on any atom is 0.208 e. The van der Waals surface area contributed by atoms with Gasteiger partial charge in [-0.25, -0.2) is 4.98 Å². The monoisotopic (exact) mass is 310 g/mol. The molecule has 5 nitrogen and oxygen atoms in total. The molecule has 0 unspecified atom stereocenters. The van der Waals surface area contributed by atoms with E-state index >= 15 is 0 Å². The van der Waals surface area contributed by atoms with E-state index in [2.05, 4.69) is 27.9 Å². The lowest BCUT2D eigenvalue weighted by Gasteiger charge is -2.23. The Kier molecular flexibility index (Phi) is 4.75. The number of oxazole rings is 1. The van der Waals surface area contributed by atoms with Gasteiger partial charge in [0.25, 0.3) is 0 Å². The third kappa shape index (κ3) is 3.79. The van der Waals surface area contributed by atoms with Crippen LogP contribution >= 0.6 is 0 Å². The molecule has 0 N–H and O–H groups in total. The number of nitrogens with zero attached hydrogens (tertiary/aromatic N) is 4. The molecule has 120 valence electrons. The zero-order valence-corrected chi connectivity index (χ0v) is 13.7. The first-order valence-corrected chi connectivity index (χ1v) is 7.97. The molecule has 1 aromatic heterocycles. The van der Waals surface area contributed by atoms with Crippen LogP contribution in [-0.4, -0.2) is 41.0 Å². The highest BCUT2D eigenvalue weighted by molar-refractivity contribution is 5.37. The summed E-state index contributed by atoms with van der Waals surface area (Å²) in [4.78, 5) is 9.00. The summed E-state index contributed by atoms with van der Waals surface area (Å²) >= 11 is 0. The first-order chi connectivity index (χ1) is 11.2. The van der Waals surface area contributed by atoms with Gasteiger partial charge >= 0.3 is 0 Å². The topological polar surface area (TPSA) is 56.3 Å². The fraction of sp³-hybridized carbons (Fsp3) is 0.444. The minimum absolute atomic E-state index is 0.497. The largest absolute Gasteiger partial charge is 0.445 e. The summed E-state index contributed by atoms with van der Waals surface area (Å²) in [5.74, 6) is 1.63. The number of nitriles is 1. The second kappa shape index (κ2) is 6.95. The maximum absolute atomic E-state index is 9.20. The number of likely N-dealkylation sites (tertiary alicyclic amines) is 1. The Labute approximate surface area is 137 Å². The summed E-state index contributed by atoms with van der Waals surface area (Å²) < 4.78 is 5.56. The number of hydrogen-bond acceptors (Lipinski definition) is 5. The average molecular weight is 310 g/mol. The van der Waals surface area contributed by atoms with Crippen LogP contribution in [-0.2, 0) is 13.1 Å². The molecule has 1 aliphatic heterocycles. The molecule has 23 heavy (non-hydrogen) atoms. The Bertz CT molecular complexity index is 703. The molecule has 1 atom stereocenters. The predicted molar refractivity (Wildman–Crippen MR) is 87.5 cm³/mol. The van der Waals surface area contributed by atoms with E-state index in [0.29, 0.717) is 6.04 Å². The van der Waals surface area contributed by atoms with E-state index < -0.39 is 0 Å². The van der Waals surface area contributed by atoms with Gasteiger partial charge in [-0.2, -0.15) is 5.26 Å². The van der Waals surface area contributed by atoms with Gasteiger partial charge in [0.2, 0.25) is 5.89 Å². The van der Waals surface area contributed by atoms with Crippen molar-refractivity contribution in [2.24, 2.45) is 0 Å². The molecule has 0 aliphatic carbocycles. The van der Waals surface area contributed by atoms with Gasteiger partial charge in [-0.05, 0) is 32.0 Å². The number of rotatable bonds is 5. The molecule has 1 saturated heterocycles. The molecule has 1 aromatic carbocycles. The lowest BCUT2D eigenvalue weighted by Crippen LogP contribution is -2.34. The lowest BCUT2D eigenvalue weighted by molar-refractivity contribution is 0.204. The average Bonchev–Trinajstić information content (AvgIpc) is 3.17. The van der Waals surface area contributed by atoms with Crippen molar-refractivity contribution < 1.29 is 4.42 Å². The smallest absolute Gasteiger partial charge is 0.208 e. The van der Waals surface area contributed by atoms with Gasteiger partial charge in [-0.15, -0.1) is 0 Å². The van der Waals surface area contributed by atoms with E-state index in [9.17, 15) is 5.26 Å². The van der Waals surface area contributed by atoms with Gasteiger partial charge in [-0.3, -0.25) is 9.80 Å². The number of hydrogen-bond donors (Lipinski definition) is 0. The van der Waals surface area contributed by atoms with Crippen LogP contribution in [0.1, 0.15) is 29.2 Å². The van der Waals surface area contributed by atoms with Crippen LogP contribution in [0.2, 0.25) is 0 Å². The van der Waals surface area contributed by atoms with Crippen LogP contribution < -0.4 is 0 Å². The summed E-state index contributed by atoms with van der Waals surface area (Å²) in [6.45, 7) is 5.56. The fourth-order valence-corrected chi connectivity index (χ4v) is 3.14. The van der Waals surface area contributed by atoms with Crippen LogP contribution in [0, 0.1) is 18.3 Å². The summed E-state index contributed by atoms with van der Waals surface area (Å²) in [7, 11) is 2.12. The molecule has 1 fully saturated rings. The first-order valence-electron chi connectivity index (χ1n) is 7.97. The zero-order valence-electron chi connectivity index (χ0n) is 13.7. The Morgan fingerprint density at radius 2 is 2.26 bits per heavy atom. The minimum Gasteiger partial charge on any atom is -0.445 e. The summed E-state index contributed by atoms with van der Waals surface area (Å²) in [6, 6.07) is 10.6. The second-order valence-corrected chi connectivity index (χ2v) is 6.23. The van der Waals surface area contributed by atoms with Gasteiger partial charge in [0.1, 0.15) is 5.76 Å². The Hall–Kier alpha value is -2.16. The van der Waals surface area contributed by atoms with Crippen LogP contribution in [0.4, 0.5) is 0 Å². The van der Waals surface area contributed by atoms with E-state index in [1.807, 2.05) is 31.2 Å². The molecule has 3 rings (SSSR count). The standard InChI is InChI=1S/C18H22N4O/c1-14-10-20-18(23-14)13-21(2)17-7-8-22(12-17)11-16-6-4-3-5-15(16)9-19/h3-6,10,17H,7-8,11-13H2,1-2H3/t17-/m1/s1. The van der Waals surface area contributed by atoms with Crippen molar-refractivity contribution in [1.29, 1.82) is 5.26 Å². The molecule has 2 aromatic rings. The third-order valence-electron chi connectivity index (χ3n) is 4.46. The third-order valence-corrected chi connectivity index (χ3v) is 4.46. The minimum atomic E-state index is 0.497. The normalized spacial score (nSPS) is 18.4. The molecule has 0 saturated carbocycles. The van der Waals surface area contributed by atoms with Gasteiger partial charge < -0.3 is 4.42 Å². The highest BCUT2D eigenvalue weighted by atomic mass is 16.4. The van der Waals surface area contributed by atoms with Gasteiger partial charge in [0.05, 0.1) is 24.4 Å². The molecular formula is C18H22N4O. The van der Waals surface area contributed by atoms with E-state index in [1.54, 1.807) is 6.20 Å². The molecule has 2 heterocycles. The Morgan fingerprint density at radius 1 is 1.43 bits per heavy atom. The van der Waals surface area contributed by atoms with E-state index in [4.69, 9.17) is 4.42 Å². The number of likely N-dealkylation sites (N-methyl/N-ethyl adjacent to an activating group) is 1. The summed E-state index contributed by atoms with van der Waals surface area (Å²) in [6.07, 6.45) is 2.90. The SMILES string of the molecule is Cc1cnc(CN(C)[C@@H]2CCN(Cc3ccccc3C#N)C2)o1. The van der Waals surface area contributed by atoms with E-state index in [-0.39, 0.29) is 0 Å². The Morgan fingerprint density at radius 3 is 3.00 bits per heavy atom. The predicted octanol–water partition coefficient (Wildman–Crippen LogP) is 2.56. The first kappa shape index (κ1) is 15.7. The fourth-order valence-electron chi connectivity index (χ4n) is 3.14. The van der Waals surface area contributed by atoms with Crippen molar-refractivity contribution >= 4 is 0 Å². The highest BCUT2D eigenvalue weighted by Crippen LogP contribution is 2.20. The molecule has 0 radical (unpaired) electrons. The Balaban J connectivity index is 1.57. The molecule has 0 amide bonds. The van der Waals surface area contributed by atoms with Crippen LogP contribution in [0.5, 0.6) is 0 Å². The molecule has 5 heteroatoms. The van der Waals surface area contributed by atoms with Crippen molar-refractivity contribution in [3.05, 3.63) is 53.2 Å². The number of benzene rings is 1. The van der Waals surface area contributed by atoms with Crippen LogP contribution in [0.25, 0.3) is 0 Å². The lowest BCUT2D eigenvalue weighted by atomic mass is 10.1. The van der Waals surface area contributed by atoms with Crippen LogP contribution in [0.15, 0.2) is 34.9 Å². The maximum atomic E-state index is 9.20. The summed E-state index contributed by atoms with van der Waals surface area (Å²) in [5.41, 5.74) is 1.89. The molecule has 0 spiro atoms. The van der Waals surface area contributed by atoms with Gasteiger partial charge in [0, 0.05) is 25.7 Å². The van der Waals surface area contributed by atoms with E-state index in [0.717, 1.165) is 55.4 Å². The molecular weight excluding hydrogens is 288 g/mol. The van der Waals surface area contributed by atoms with Crippen molar-refractivity contribution in [1.82, 2.24) is 14.8 Å². The number of aromatic nitrogens is 1. The van der Waals surface area contributed by atoms with E-state index in [1.165, 1.54) is 0 Å². The van der Waals surface area contributed by atoms with Crippen molar-refractivity contribution in [3.63, 3.8) is 0 Å². The second-order valence-electron chi connectivity index (χ2n) is 6.23. The number of aryl methyl sites for hydroxylation is 1. The van der Waals surface area contributed by atoms with Crippen molar-refractivity contribution in [2.75, 3.05) is 20.1 Å². The summed E-state index contributed by atoms with van der Waals surface area (Å²) in [5, 5.41) is 9.20. The van der Waals surface area contributed by atoms with Crippen molar-refractivity contribution in [2.45, 2.75) is 32.5 Å². The highest BCUT2D eigenvalue weighted by Gasteiger charge is 2.26. The van der Waals surface area contributed by atoms with Crippen LogP contribution in [0.3, 0.4) is 0 Å². The van der Waals surface area contributed by atoms with Gasteiger partial charge in [-0.1, -0.05) is 18.2 Å². The molecule has 0 bridgehead atoms. The van der Waals surface area contributed by atoms with Gasteiger partial charge in [0.15, 0.2) is 0 Å². The quantitative estimate of drug-likeness (QED) is 0.849. The molecule has 1 aliphatic rings.